The average Bonchev–Trinajstić information content (AvgIpc) is 3.05. The summed E-state index contributed by atoms with van der Waals surface area (Å²) in [6, 6.07) is 8.08. The Kier molecular flexibility index (Phi) is 9.65. The van der Waals surface area contributed by atoms with Crippen molar-refractivity contribution in [1.29, 1.82) is 0 Å². The molecule has 1 fully saturated rings. The van der Waals surface area contributed by atoms with Crippen LogP contribution in [0.25, 0.3) is 0 Å². The fourth-order valence-electron chi connectivity index (χ4n) is 4.82. The Morgan fingerprint density at radius 1 is 0.641 bits per heavy atom. The Morgan fingerprint density at radius 2 is 1.05 bits per heavy atom. The maximum Gasteiger partial charge on any atom is 0.416 e. The number of amides is 3. The predicted molar refractivity (Wildman–Crippen MR) is 133 cm³/mol. The molecule has 214 valence electrons. The molecule has 2 aromatic carbocycles. The van der Waals surface area contributed by atoms with Crippen molar-refractivity contribution >= 4 is 11.9 Å². The minimum atomic E-state index is -4.55. The van der Waals surface area contributed by atoms with E-state index in [1.807, 2.05) is 0 Å². The number of nitrogens with zero attached hydrogens (tertiary/aromatic N) is 2. The van der Waals surface area contributed by atoms with Gasteiger partial charge in [-0.25, -0.2) is 4.79 Å². The van der Waals surface area contributed by atoms with Gasteiger partial charge in [0.25, 0.3) is 5.91 Å². The molecule has 1 aliphatic heterocycles. The van der Waals surface area contributed by atoms with E-state index >= 15 is 0 Å². The normalized spacial score (nSPS) is 15.9. The number of alkyl halides is 6. The second-order valence-electron chi connectivity index (χ2n) is 9.66. The van der Waals surface area contributed by atoms with E-state index in [9.17, 15) is 35.9 Å². The van der Waals surface area contributed by atoms with Gasteiger partial charge in [-0.1, -0.05) is 24.3 Å². The monoisotopic (exact) mass is 558 g/mol. The lowest BCUT2D eigenvalue weighted by Gasteiger charge is -2.36. The maximum absolute atomic E-state index is 14.0. The summed E-state index contributed by atoms with van der Waals surface area (Å²) in [6.07, 6.45) is -7.29. The molecule has 1 heterocycles. The molecular weight excluding hydrogens is 526 g/mol. The average molecular weight is 559 g/mol. The summed E-state index contributed by atoms with van der Waals surface area (Å²) in [6.45, 7) is 0.958. The second kappa shape index (κ2) is 12.4. The lowest BCUT2D eigenvalue weighted by Crippen LogP contribution is -2.53. The molecule has 0 saturated carbocycles. The van der Waals surface area contributed by atoms with Crippen LogP contribution in [0.4, 0.5) is 31.1 Å². The summed E-state index contributed by atoms with van der Waals surface area (Å²) in [7, 11) is 0. The van der Waals surface area contributed by atoms with Crippen LogP contribution >= 0.6 is 0 Å². The third kappa shape index (κ3) is 7.10. The highest BCUT2D eigenvalue weighted by Gasteiger charge is 2.56. The van der Waals surface area contributed by atoms with Crippen LogP contribution in [0, 0.1) is 0 Å². The number of rotatable bonds is 12. The molecule has 0 aliphatic carbocycles. The molecular formula is C27H32F6N4O2. The first kappa shape index (κ1) is 30.4. The van der Waals surface area contributed by atoms with Gasteiger partial charge in [0.1, 0.15) is 5.54 Å². The number of imide groups is 1. The summed E-state index contributed by atoms with van der Waals surface area (Å²) in [4.78, 5) is 30.0. The molecule has 3 rings (SSSR count). The third-order valence-corrected chi connectivity index (χ3v) is 6.85. The standard InChI is InChI=1S/C27H32F6N4O2/c28-26(29,30)21-9-5-19(6-10-21)17-25(18-20-7-11-22(12-8-20)27(31,32)33)23(38)36(15-3-1-13-34)24(39)37(25)16-4-2-14-35/h5-12H,1-4,13-18,34-35H2. The van der Waals surface area contributed by atoms with Crippen molar-refractivity contribution in [3.63, 3.8) is 0 Å². The molecule has 0 unspecified atom stereocenters. The van der Waals surface area contributed by atoms with Gasteiger partial charge < -0.3 is 16.4 Å². The summed E-state index contributed by atoms with van der Waals surface area (Å²) in [5, 5.41) is 0. The van der Waals surface area contributed by atoms with E-state index in [1.165, 1.54) is 29.2 Å². The van der Waals surface area contributed by atoms with Crippen LogP contribution in [0.3, 0.4) is 0 Å². The molecule has 12 heteroatoms. The fourth-order valence-corrected chi connectivity index (χ4v) is 4.82. The summed E-state index contributed by atoms with van der Waals surface area (Å²) >= 11 is 0. The molecule has 1 aliphatic rings. The quantitative estimate of drug-likeness (QED) is 0.218. The minimum Gasteiger partial charge on any atom is -0.330 e. The van der Waals surface area contributed by atoms with Crippen LogP contribution < -0.4 is 11.5 Å². The van der Waals surface area contributed by atoms with E-state index in [2.05, 4.69) is 0 Å². The summed E-state index contributed by atoms with van der Waals surface area (Å²) in [5.41, 5.74) is 8.67. The van der Waals surface area contributed by atoms with Crippen LogP contribution in [-0.2, 0) is 30.0 Å². The number of nitrogens with two attached hydrogens (primary N) is 2. The van der Waals surface area contributed by atoms with E-state index in [4.69, 9.17) is 11.5 Å². The number of benzene rings is 2. The summed E-state index contributed by atoms with van der Waals surface area (Å²) in [5.74, 6) is -0.544. The topological polar surface area (TPSA) is 92.7 Å². The Balaban J connectivity index is 2.06. The van der Waals surface area contributed by atoms with Crippen molar-refractivity contribution in [2.75, 3.05) is 26.2 Å². The van der Waals surface area contributed by atoms with Crippen molar-refractivity contribution in [2.24, 2.45) is 11.5 Å². The molecule has 0 bridgehead atoms. The molecule has 0 aromatic heterocycles. The van der Waals surface area contributed by atoms with E-state index in [1.54, 1.807) is 0 Å². The van der Waals surface area contributed by atoms with E-state index in [0.29, 0.717) is 49.9 Å². The SMILES string of the molecule is NCCCCN1C(=O)N(CCCCN)C(Cc2ccc(C(F)(F)F)cc2)(Cc2ccc(C(F)(F)F)cc2)C1=O. The first-order valence-corrected chi connectivity index (χ1v) is 12.7. The number of carbonyl (C=O) groups excluding carboxylic acids is 2. The zero-order chi connectivity index (χ0) is 28.8. The highest BCUT2D eigenvalue weighted by atomic mass is 19.4. The van der Waals surface area contributed by atoms with Crippen molar-refractivity contribution in [2.45, 2.75) is 56.4 Å². The zero-order valence-corrected chi connectivity index (χ0v) is 21.3. The number of hydrogen-bond donors (Lipinski definition) is 2. The molecule has 0 atom stereocenters. The Labute approximate surface area is 222 Å². The van der Waals surface area contributed by atoms with Crippen LogP contribution in [0.5, 0.6) is 0 Å². The van der Waals surface area contributed by atoms with Crippen LogP contribution in [-0.4, -0.2) is 53.5 Å². The number of carbonyl (C=O) groups is 2. The largest absolute Gasteiger partial charge is 0.416 e. The first-order valence-electron chi connectivity index (χ1n) is 12.7. The minimum absolute atomic E-state index is 0.101. The maximum atomic E-state index is 14.0. The number of unbranched alkanes of at least 4 members (excludes halogenated alkanes) is 2. The van der Waals surface area contributed by atoms with Crippen molar-refractivity contribution in [1.82, 2.24) is 9.80 Å². The zero-order valence-electron chi connectivity index (χ0n) is 21.3. The predicted octanol–water partition coefficient (Wildman–Crippen LogP) is 4.99. The smallest absolute Gasteiger partial charge is 0.330 e. The van der Waals surface area contributed by atoms with Gasteiger partial charge in [-0.2, -0.15) is 26.3 Å². The van der Waals surface area contributed by atoms with Gasteiger partial charge >= 0.3 is 18.4 Å². The van der Waals surface area contributed by atoms with Crippen LogP contribution in [0.2, 0.25) is 0 Å². The van der Waals surface area contributed by atoms with Gasteiger partial charge in [0, 0.05) is 25.9 Å². The molecule has 39 heavy (non-hydrogen) atoms. The van der Waals surface area contributed by atoms with Crippen molar-refractivity contribution in [3.8, 4) is 0 Å². The van der Waals surface area contributed by atoms with Gasteiger partial charge in [0.15, 0.2) is 0 Å². The number of urea groups is 1. The lowest BCUT2D eigenvalue weighted by atomic mass is 9.82. The molecule has 0 radical (unpaired) electrons. The van der Waals surface area contributed by atoms with Crippen LogP contribution in [0.15, 0.2) is 48.5 Å². The Hall–Kier alpha value is -3.12. The van der Waals surface area contributed by atoms with E-state index < -0.39 is 41.0 Å². The third-order valence-electron chi connectivity index (χ3n) is 6.85. The van der Waals surface area contributed by atoms with Gasteiger partial charge in [-0.3, -0.25) is 9.69 Å². The number of hydrogen-bond acceptors (Lipinski definition) is 4. The van der Waals surface area contributed by atoms with Crippen molar-refractivity contribution < 1.29 is 35.9 Å². The number of halogens is 6. The first-order chi connectivity index (χ1) is 18.3. The Morgan fingerprint density at radius 3 is 1.44 bits per heavy atom. The van der Waals surface area contributed by atoms with Gasteiger partial charge in [0.2, 0.25) is 0 Å². The molecule has 4 N–H and O–H groups in total. The van der Waals surface area contributed by atoms with E-state index in [-0.39, 0.29) is 25.9 Å². The molecule has 0 spiro atoms. The molecule has 2 aromatic rings. The summed E-state index contributed by atoms with van der Waals surface area (Å²) < 4.78 is 78.8. The molecule has 1 saturated heterocycles. The fraction of sp³-hybridized carbons (Fsp3) is 0.481. The van der Waals surface area contributed by atoms with E-state index in [0.717, 1.165) is 29.2 Å². The van der Waals surface area contributed by atoms with Crippen LogP contribution in [0.1, 0.15) is 47.9 Å². The van der Waals surface area contributed by atoms with Crippen molar-refractivity contribution in [3.05, 3.63) is 70.8 Å². The highest BCUT2D eigenvalue weighted by molar-refractivity contribution is 6.07. The van der Waals surface area contributed by atoms with Gasteiger partial charge in [-0.15, -0.1) is 0 Å². The molecule has 3 amide bonds. The Bertz CT molecular complexity index is 1060. The highest BCUT2D eigenvalue weighted by Crippen LogP contribution is 2.37. The van der Waals surface area contributed by atoms with Gasteiger partial charge in [-0.05, 0) is 74.2 Å². The van der Waals surface area contributed by atoms with Gasteiger partial charge in [0.05, 0.1) is 11.1 Å². The second-order valence-corrected chi connectivity index (χ2v) is 9.66. The molecule has 6 nitrogen and oxygen atoms in total. The lowest BCUT2D eigenvalue weighted by molar-refractivity contribution is -0.138.